The molecule has 2 N–H and O–H groups in total. The van der Waals surface area contributed by atoms with E-state index < -0.39 is 23.1 Å². The van der Waals surface area contributed by atoms with Crippen molar-refractivity contribution in [2.45, 2.75) is 19.5 Å². The molecule has 1 unspecified atom stereocenters. The van der Waals surface area contributed by atoms with Crippen LogP contribution in [0.5, 0.6) is 0 Å². The molecule has 7 heteroatoms. The fourth-order valence-corrected chi connectivity index (χ4v) is 1.99. The number of rotatable bonds is 2. The Hall–Kier alpha value is -2.05. The second kappa shape index (κ2) is 4.81. The molecule has 0 aromatic heterocycles. The molecule has 1 fully saturated rings. The molecule has 1 saturated heterocycles. The van der Waals surface area contributed by atoms with Crippen LogP contribution in [0, 0.1) is 5.41 Å². The number of nitrogens with one attached hydrogen (secondary N) is 2. The second-order valence-corrected chi connectivity index (χ2v) is 5.05. The van der Waals surface area contributed by atoms with Gasteiger partial charge in [-0.05, 0) is 25.1 Å². The maximum Gasteiger partial charge on any atom is 0.416 e. The van der Waals surface area contributed by atoms with Crippen LogP contribution < -0.4 is 10.6 Å². The molecule has 1 aliphatic heterocycles. The summed E-state index contributed by atoms with van der Waals surface area (Å²) < 4.78 is 37.7. The first-order valence-corrected chi connectivity index (χ1v) is 5.96. The largest absolute Gasteiger partial charge is 0.416 e. The van der Waals surface area contributed by atoms with Crippen molar-refractivity contribution in [2.75, 3.05) is 11.9 Å². The van der Waals surface area contributed by atoms with Crippen molar-refractivity contribution in [1.82, 2.24) is 5.32 Å². The number of amides is 2. The topological polar surface area (TPSA) is 58.2 Å². The van der Waals surface area contributed by atoms with Crippen molar-refractivity contribution >= 4 is 17.5 Å². The number of hydrogen-bond donors (Lipinski definition) is 2. The van der Waals surface area contributed by atoms with Crippen LogP contribution in [-0.2, 0) is 15.8 Å². The summed E-state index contributed by atoms with van der Waals surface area (Å²) in [7, 11) is 0. The summed E-state index contributed by atoms with van der Waals surface area (Å²) >= 11 is 0. The molecule has 0 bridgehead atoms. The molecule has 0 radical (unpaired) electrons. The van der Waals surface area contributed by atoms with Gasteiger partial charge in [0.05, 0.1) is 11.0 Å². The lowest BCUT2D eigenvalue weighted by Crippen LogP contribution is -2.35. The Bertz CT molecular complexity index is 557. The molecule has 1 aromatic carbocycles. The predicted octanol–water partition coefficient (Wildman–Crippen LogP) is 2.17. The van der Waals surface area contributed by atoms with Gasteiger partial charge in [-0.25, -0.2) is 0 Å². The quantitative estimate of drug-likeness (QED) is 0.875. The van der Waals surface area contributed by atoms with Crippen molar-refractivity contribution in [3.05, 3.63) is 29.8 Å². The van der Waals surface area contributed by atoms with E-state index in [1.165, 1.54) is 12.1 Å². The van der Waals surface area contributed by atoms with Gasteiger partial charge in [0.15, 0.2) is 0 Å². The van der Waals surface area contributed by atoms with Gasteiger partial charge in [0.2, 0.25) is 11.8 Å². The average molecular weight is 286 g/mol. The lowest BCUT2D eigenvalue weighted by molar-refractivity contribution is -0.137. The van der Waals surface area contributed by atoms with Gasteiger partial charge in [-0.3, -0.25) is 9.59 Å². The number of carbonyl (C=O) groups is 2. The molecule has 1 aliphatic rings. The monoisotopic (exact) mass is 286 g/mol. The summed E-state index contributed by atoms with van der Waals surface area (Å²) in [6.45, 7) is 1.77. The number of alkyl halides is 3. The molecule has 1 aromatic rings. The molecule has 2 rings (SSSR count). The first-order chi connectivity index (χ1) is 9.21. The van der Waals surface area contributed by atoms with E-state index in [0.29, 0.717) is 0 Å². The summed E-state index contributed by atoms with van der Waals surface area (Å²) in [4.78, 5) is 23.2. The summed E-state index contributed by atoms with van der Waals surface area (Å²) in [6, 6.07) is 4.39. The minimum atomic E-state index is -4.46. The van der Waals surface area contributed by atoms with Gasteiger partial charge in [0.25, 0.3) is 0 Å². The van der Waals surface area contributed by atoms with Crippen molar-refractivity contribution in [2.24, 2.45) is 5.41 Å². The zero-order chi connectivity index (χ0) is 15.0. The van der Waals surface area contributed by atoms with Crippen LogP contribution in [0.1, 0.15) is 18.9 Å². The Balaban J connectivity index is 2.14. The van der Waals surface area contributed by atoms with Gasteiger partial charge in [0, 0.05) is 18.7 Å². The third-order valence-corrected chi connectivity index (χ3v) is 3.22. The van der Waals surface area contributed by atoms with Gasteiger partial charge in [0.1, 0.15) is 0 Å². The Morgan fingerprint density at radius 1 is 1.40 bits per heavy atom. The smallest absolute Gasteiger partial charge is 0.355 e. The van der Waals surface area contributed by atoms with Gasteiger partial charge in [-0.2, -0.15) is 13.2 Å². The molecular weight excluding hydrogens is 273 g/mol. The molecule has 1 heterocycles. The Labute approximate surface area is 113 Å². The van der Waals surface area contributed by atoms with Crippen molar-refractivity contribution < 1.29 is 22.8 Å². The SMILES string of the molecule is CC1(C(=O)Nc2cccc(C(F)(F)F)c2)CNC(=O)C1. The minimum absolute atomic E-state index is 0.0256. The highest BCUT2D eigenvalue weighted by Crippen LogP contribution is 2.32. The Morgan fingerprint density at radius 2 is 2.10 bits per heavy atom. The molecule has 108 valence electrons. The normalized spacial score (nSPS) is 22.5. The van der Waals surface area contributed by atoms with Crippen molar-refractivity contribution in [3.8, 4) is 0 Å². The molecule has 20 heavy (non-hydrogen) atoms. The van der Waals surface area contributed by atoms with Crippen LogP contribution in [0.3, 0.4) is 0 Å². The predicted molar refractivity (Wildman–Crippen MR) is 65.8 cm³/mol. The van der Waals surface area contributed by atoms with Gasteiger partial charge in [-0.15, -0.1) is 0 Å². The third kappa shape index (κ3) is 2.92. The molecule has 0 aliphatic carbocycles. The first-order valence-electron chi connectivity index (χ1n) is 5.96. The molecular formula is C13H13F3N2O2. The molecule has 4 nitrogen and oxygen atoms in total. The van der Waals surface area contributed by atoms with Crippen LogP contribution >= 0.6 is 0 Å². The lowest BCUT2D eigenvalue weighted by Gasteiger charge is -2.20. The van der Waals surface area contributed by atoms with Crippen LogP contribution in [0.15, 0.2) is 24.3 Å². The van der Waals surface area contributed by atoms with Crippen LogP contribution in [0.2, 0.25) is 0 Å². The van der Waals surface area contributed by atoms with E-state index in [1.807, 2.05) is 0 Å². The average Bonchev–Trinajstić information content (AvgIpc) is 2.70. The van der Waals surface area contributed by atoms with Crippen molar-refractivity contribution in [1.29, 1.82) is 0 Å². The van der Waals surface area contributed by atoms with Crippen LogP contribution in [0.4, 0.5) is 18.9 Å². The number of benzene rings is 1. The zero-order valence-electron chi connectivity index (χ0n) is 10.7. The zero-order valence-corrected chi connectivity index (χ0v) is 10.7. The van der Waals surface area contributed by atoms with E-state index in [0.717, 1.165) is 12.1 Å². The Kier molecular flexibility index (Phi) is 3.45. The molecule has 0 saturated carbocycles. The van der Waals surface area contributed by atoms with Gasteiger partial charge < -0.3 is 10.6 Å². The Morgan fingerprint density at radius 3 is 2.65 bits per heavy atom. The highest BCUT2D eigenvalue weighted by Gasteiger charge is 2.41. The summed E-state index contributed by atoms with van der Waals surface area (Å²) in [5, 5.41) is 4.96. The van der Waals surface area contributed by atoms with Crippen LogP contribution in [0.25, 0.3) is 0 Å². The molecule has 0 spiro atoms. The van der Waals surface area contributed by atoms with E-state index in [-0.39, 0.29) is 24.6 Å². The number of carbonyl (C=O) groups excluding carboxylic acids is 2. The summed E-state index contributed by atoms with van der Waals surface area (Å²) in [6.07, 6.45) is -4.44. The lowest BCUT2D eigenvalue weighted by atomic mass is 9.88. The highest BCUT2D eigenvalue weighted by molar-refractivity contribution is 5.99. The van der Waals surface area contributed by atoms with E-state index in [1.54, 1.807) is 6.92 Å². The number of anilines is 1. The van der Waals surface area contributed by atoms with E-state index in [9.17, 15) is 22.8 Å². The minimum Gasteiger partial charge on any atom is -0.355 e. The first kappa shape index (κ1) is 14.4. The maximum atomic E-state index is 12.6. The molecule has 2 amide bonds. The van der Waals surface area contributed by atoms with E-state index in [2.05, 4.69) is 10.6 Å². The summed E-state index contributed by atoms with van der Waals surface area (Å²) in [5.74, 6) is -0.720. The van der Waals surface area contributed by atoms with Gasteiger partial charge >= 0.3 is 6.18 Å². The number of halogens is 3. The van der Waals surface area contributed by atoms with Gasteiger partial charge in [-0.1, -0.05) is 6.07 Å². The van der Waals surface area contributed by atoms with E-state index in [4.69, 9.17) is 0 Å². The standard InChI is InChI=1S/C13H13F3N2O2/c1-12(6-10(19)17-7-12)11(20)18-9-4-2-3-8(5-9)13(14,15)16/h2-5H,6-7H2,1H3,(H,17,19)(H,18,20). The highest BCUT2D eigenvalue weighted by atomic mass is 19.4. The van der Waals surface area contributed by atoms with Crippen molar-refractivity contribution in [3.63, 3.8) is 0 Å². The fourth-order valence-electron chi connectivity index (χ4n) is 1.99. The maximum absolute atomic E-state index is 12.6. The van der Waals surface area contributed by atoms with E-state index >= 15 is 0 Å². The summed E-state index contributed by atoms with van der Waals surface area (Å²) in [5.41, 5.74) is -1.71. The third-order valence-electron chi connectivity index (χ3n) is 3.22. The van der Waals surface area contributed by atoms with Crippen LogP contribution in [-0.4, -0.2) is 18.4 Å². The fraction of sp³-hybridized carbons (Fsp3) is 0.385. The number of hydrogen-bond acceptors (Lipinski definition) is 2. The second-order valence-electron chi connectivity index (χ2n) is 5.05. The molecule has 1 atom stereocenters.